The predicted molar refractivity (Wildman–Crippen MR) is 77.7 cm³/mol. The number of rotatable bonds is 3. The minimum atomic E-state index is -0.441. The molecule has 4 nitrogen and oxygen atoms in total. The Hall–Kier alpha value is -2.21. The van der Waals surface area contributed by atoms with Crippen LogP contribution >= 0.6 is 11.3 Å². The Morgan fingerprint density at radius 3 is 2.85 bits per heavy atom. The number of halogens is 1. The van der Waals surface area contributed by atoms with E-state index >= 15 is 0 Å². The number of aryl methyl sites for hydroxylation is 1. The molecule has 0 fully saturated rings. The molecule has 2 N–H and O–H groups in total. The zero-order chi connectivity index (χ0) is 14.1. The van der Waals surface area contributed by atoms with Gasteiger partial charge in [-0.25, -0.2) is 9.37 Å². The summed E-state index contributed by atoms with van der Waals surface area (Å²) in [6.07, 6.45) is 0.889. The fourth-order valence-corrected chi connectivity index (χ4v) is 2.81. The molecular weight excluding hydrogens is 277 g/mol. The summed E-state index contributed by atoms with van der Waals surface area (Å²) in [6, 6.07) is 8.14. The monoisotopic (exact) mass is 289 g/mol. The molecule has 20 heavy (non-hydrogen) atoms. The van der Waals surface area contributed by atoms with Crippen LogP contribution in [-0.2, 0) is 6.42 Å². The van der Waals surface area contributed by atoms with E-state index in [0.717, 1.165) is 21.5 Å². The fourth-order valence-electron chi connectivity index (χ4n) is 1.84. The first-order valence-corrected chi connectivity index (χ1v) is 6.97. The topological polar surface area (TPSA) is 61.0 Å². The number of fused-ring (bicyclic) bond motifs is 1. The van der Waals surface area contributed by atoms with Gasteiger partial charge >= 0.3 is 0 Å². The second-order valence-electron chi connectivity index (χ2n) is 4.20. The highest BCUT2D eigenvalue weighted by Crippen LogP contribution is 2.34. The number of para-hydroxylation sites is 1. The summed E-state index contributed by atoms with van der Waals surface area (Å²) in [5.74, 6) is 0.0850. The molecule has 2 aromatic heterocycles. The number of nitrogens with two attached hydrogens (primary N) is 1. The van der Waals surface area contributed by atoms with Gasteiger partial charge in [-0.2, -0.15) is 4.98 Å². The quantitative estimate of drug-likeness (QED) is 0.797. The van der Waals surface area contributed by atoms with Crippen molar-refractivity contribution in [3.05, 3.63) is 41.0 Å². The number of nitrogen functional groups attached to an aromatic ring is 1. The zero-order valence-corrected chi connectivity index (χ0v) is 11.6. The summed E-state index contributed by atoms with van der Waals surface area (Å²) >= 11 is 1.54. The normalized spacial score (nSPS) is 10.9. The van der Waals surface area contributed by atoms with Crippen LogP contribution in [0.2, 0.25) is 0 Å². The van der Waals surface area contributed by atoms with Gasteiger partial charge in [0.2, 0.25) is 11.8 Å². The summed E-state index contributed by atoms with van der Waals surface area (Å²) in [5.41, 5.74) is 5.68. The highest BCUT2D eigenvalue weighted by Gasteiger charge is 2.13. The first kappa shape index (κ1) is 12.8. The first-order chi connectivity index (χ1) is 9.67. The van der Waals surface area contributed by atoms with E-state index in [4.69, 9.17) is 10.5 Å². The van der Waals surface area contributed by atoms with Gasteiger partial charge in [-0.3, -0.25) is 0 Å². The third-order valence-corrected chi connectivity index (χ3v) is 3.99. The minimum absolute atomic E-state index is 0.119. The maximum absolute atomic E-state index is 13.7. The van der Waals surface area contributed by atoms with Crippen molar-refractivity contribution < 1.29 is 9.13 Å². The maximum atomic E-state index is 13.7. The Labute approximate surface area is 119 Å². The van der Waals surface area contributed by atoms with Crippen molar-refractivity contribution in [2.45, 2.75) is 13.3 Å². The molecule has 6 heteroatoms. The van der Waals surface area contributed by atoms with E-state index in [0.29, 0.717) is 0 Å². The van der Waals surface area contributed by atoms with Crippen LogP contribution < -0.4 is 10.5 Å². The van der Waals surface area contributed by atoms with Crippen LogP contribution in [-0.4, -0.2) is 9.97 Å². The molecular formula is C14H12FN3OS. The van der Waals surface area contributed by atoms with Crippen molar-refractivity contribution >= 4 is 27.5 Å². The Morgan fingerprint density at radius 2 is 2.10 bits per heavy atom. The lowest BCUT2D eigenvalue weighted by molar-refractivity contribution is 0.432. The molecule has 2 heterocycles. The lowest BCUT2D eigenvalue weighted by atomic mass is 10.3. The van der Waals surface area contributed by atoms with Crippen LogP contribution in [0.1, 0.15) is 11.8 Å². The summed E-state index contributed by atoms with van der Waals surface area (Å²) in [6.45, 7) is 2.05. The Morgan fingerprint density at radius 1 is 1.30 bits per heavy atom. The van der Waals surface area contributed by atoms with Gasteiger partial charge in [-0.15, -0.1) is 11.3 Å². The molecule has 0 saturated heterocycles. The maximum Gasteiger partial charge on any atom is 0.233 e. The Balaban J connectivity index is 2.11. The molecule has 0 spiro atoms. The molecule has 3 rings (SSSR count). The van der Waals surface area contributed by atoms with Gasteiger partial charge in [0.05, 0.1) is 5.39 Å². The van der Waals surface area contributed by atoms with E-state index in [1.165, 1.54) is 17.4 Å². The molecule has 0 unspecified atom stereocenters. The number of hydrogen-bond donors (Lipinski definition) is 1. The minimum Gasteiger partial charge on any atom is -0.435 e. The number of anilines is 1. The van der Waals surface area contributed by atoms with Crippen LogP contribution in [0.3, 0.4) is 0 Å². The van der Waals surface area contributed by atoms with Crippen LogP contribution in [0.25, 0.3) is 10.2 Å². The third-order valence-electron chi connectivity index (χ3n) is 2.82. The van der Waals surface area contributed by atoms with Gasteiger partial charge in [0.15, 0.2) is 11.6 Å². The number of aromatic nitrogens is 2. The lowest BCUT2D eigenvalue weighted by Crippen LogP contribution is -1.98. The van der Waals surface area contributed by atoms with Crippen molar-refractivity contribution in [3.63, 3.8) is 0 Å². The predicted octanol–water partition coefficient (Wildman–Crippen LogP) is 3.77. The smallest absolute Gasteiger partial charge is 0.233 e. The van der Waals surface area contributed by atoms with Gasteiger partial charge in [0.1, 0.15) is 4.83 Å². The molecule has 102 valence electrons. The second-order valence-corrected chi connectivity index (χ2v) is 5.32. The average molecular weight is 289 g/mol. The van der Waals surface area contributed by atoms with Crippen molar-refractivity contribution in [1.82, 2.24) is 9.97 Å². The number of ether oxygens (including phenoxy) is 1. The molecule has 0 saturated carbocycles. The van der Waals surface area contributed by atoms with Crippen molar-refractivity contribution in [1.29, 1.82) is 0 Å². The van der Waals surface area contributed by atoms with Gasteiger partial charge in [-0.05, 0) is 24.6 Å². The Kier molecular flexibility index (Phi) is 3.23. The number of nitrogens with zero attached hydrogens (tertiary/aromatic N) is 2. The van der Waals surface area contributed by atoms with Crippen LogP contribution in [0.4, 0.5) is 10.3 Å². The van der Waals surface area contributed by atoms with E-state index in [1.54, 1.807) is 18.2 Å². The summed E-state index contributed by atoms with van der Waals surface area (Å²) in [4.78, 5) is 10.2. The van der Waals surface area contributed by atoms with Crippen molar-refractivity contribution in [2.24, 2.45) is 0 Å². The lowest BCUT2D eigenvalue weighted by Gasteiger charge is -2.06. The fraction of sp³-hybridized carbons (Fsp3) is 0.143. The number of hydrogen-bond acceptors (Lipinski definition) is 5. The van der Waals surface area contributed by atoms with E-state index in [-0.39, 0.29) is 17.6 Å². The highest BCUT2D eigenvalue weighted by molar-refractivity contribution is 7.18. The van der Waals surface area contributed by atoms with Gasteiger partial charge in [0, 0.05) is 4.88 Å². The zero-order valence-electron chi connectivity index (χ0n) is 10.8. The van der Waals surface area contributed by atoms with Crippen LogP contribution in [0.15, 0.2) is 30.3 Å². The van der Waals surface area contributed by atoms with E-state index in [2.05, 4.69) is 16.9 Å². The van der Waals surface area contributed by atoms with Crippen LogP contribution in [0.5, 0.6) is 11.6 Å². The SMILES string of the molecule is CCc1cc2c(Oc3ccccc3F)nc(N)nc2s1. The molecule has 0 aliphatic carbocycles. The number of benzene rings is 1. The molecule has 0 radical (unpaired) electrons. The average Bonchev–Trinajstić information content (AvgIpc) is 2.84. The second kappa shape index (κ2) is 5.05. The highest BCUT2D eigenvalue weighted by atomic mass is 32.1. The van der Waals surface area contributed by atoms with E-state index in [1.807, 2.05) is 6.07 Å². The molecule has 0 aliphatic rings. The van der Waals surface area contributed by atoms with Gasteiger partial charge in [-0.1, -0.05) is 19.1 Å². The standard InChI is InChI=1S/C14H12FN3OS/c1-2-8-7-9-12(17-14(16)18-13(9)20-8)19-11-6-4-3-5-10(11)15/h3-7H,2H2,1H3,(H2,16,17,18). The first-order valence-electron chi connectivity index (χ1n) is 6.15. The summed E-state index contributed by atoms with van der Waals surface area (Å²) in [5, 5.41) is 0.754. The van der Waals surface area contributed by atoms with Crippen LogP contribution in [0, 0.1) is 5.82 Å². The van der Waals surface area contributed by atoms with Gasteiger partial charge in [0.25, 0.3) is 0 Å². The number of thiophene rings is 1. The molecule has 3 aromatic rings. The van der Waals surface area contributed by atoms with Crippen molar-refractivity contribution in [3.8, 4) is 11.6 Å². The Bertz CT molecular complexity index is 772. The molecule has 1 aromatic carbocycles. The molecule has 0 aliphatic heterocycles. The van der Waals surface area contributed by atoms with E-state index in [9.17, 15) is 4.39 Å². The van der Waals surface area contributed by atoms with E-state index < -0.39 is 5.82 Å². The van der Waals surface area contributed by atoms with Gasteiger partial charge < -0.3 is 10.5 Å². The molecule has 0 amide bonds. The summed E-state index contributed by atoms with van der Waals surface area (Å²) < 4.78 is 19.2. The molecule has 0 bridgehead atoms. The summed E-state index contributed by atoms with van der Waals surface area (Å²) in [7, 11) is 0. The molecule has 0 atom stereocenters. The third kappa shape index (κ3) is 2.30. The largest absolute Gasteiger partial charge is 0.435 e. The van der Waals surface area contributed by atoms with Crippen molar-refractivity contribution in [2.75, 3.05) is 5.73 Å².